The van der Waals surface area contributed by atoms with Crippen molar-refractivity contribution >= 4 is 23.2 Å². The van der Waals surface area contributed by atoms with Crippen LogP contribution in [0.1, 0.15) is 12.1 Å². The maximum absolute atomic E-state index is 9.54. The molecule has 3 aromatic rings. The number of nitrogens with two attached hydrogens (primary N) is 1. The van der Waals surface area contributed by atoms with Crippen molar-refractivity contribution in [3.63, 3.8) is 0 Å². The van der Waals surface area contributed by atoms with E-state index in [2.05, 4.69) is 9.97 Å². The predicted octanol–water partition coefficient (Wildman–Crippen LogP) is 3.46. The molecule has 0 bridgehead atoms. The lowest BCUT2D eigenvalue weighted by Crippen LogP contribution is -2.07. The zero-order valence-electron chi connectivity index (χ0n) is 13.4. The molecule has 0 amide bonds. The van der Waals surface area contributed by atoms with E-state index in [0.717, 1.165) is 28.5 Å². The van der Waals surface area contributed by atoms with Crippen molar-refractivity contribution in [1.29, 1.82) is 0 Å². The van der Waals surface area contributed by atoms with E-state index >= 15 is 0 Å². The van der Waals surface area contributed by atoms with Crippen molar-refractivity contribution in [3.8, 4) is 23.0 Å². The lowest BCUT2D eigenvalue weighted by Gasteiger charge is -2.08. The SMILES string of the molecule is Cc1cc(OCCCN)nc(-c2ccc3cc(O)ccc3c2)n1.Cl. The molecule has 0 fully saturated rings. The Labute approximate surface area is 146 Å². The highest BCUT2D eigenvalue weighted by atomic mass is 35.5. The number of aromatic nitrogens is 2. The molecule has 3 rings (SSSR count). The van der Waals surface area contributed by atoms with Gasteiger partial charge in [-0.15, -0.1) is 12.4 Å². The van der Waals surface area contributed by atoms with E-state index in [9.17, 15) is 5.11 Å². The number of benzene rings is 2. The van der Waals surface area contributed by atoms with Gasteiger partial charge in [-0.3, -0.25) is 0 Å². The summed E-state index contributed by atoms with van der Waals surface area (Å²) in [6.07, 6.45) is 0.790. The van der Waals surface area contributed by atoms with Crippen LogP contribution in [0.2, 0.25) is 0 Å². The van der Waals surface area contributed by atoms with Crippen LogP contribution in [0, 0.1) is 6.92 Å². The fraction of sp³-hybridized carbons (Fsp3) is 0.222. The molecule has 0 aliphatic heterocycles. The second-order valence-corrected chi connectivity index (χ2v) is 5.41. The lowest BCUT2D eigenvalue weighted by atomic mass is 10.1. The van der Waals surface area contributed by atoms with E-state index in [0.29, 0.717) is 24.9 Å². The van der Waals surface area contributed by atoms with Crippen molar-refractivity contribution in [1.82, 2.24) is 9.97 Å². The Kier molecular flexibility index (Phi) is 5.95. The van der Waals surface area contributed by atoms with Gasteiger partial charge in [0.05, 0.1) is 6.61 Å². The molecule has 1 heterocycles. The first-order valence-electron chi connectivity index (χ1n) is 7.57. The summed E-state index contributed by atoms with van der Waals surface area (Å²) in [5, 5.41) is 11.5. The van der Waals surface area contributed by atoms with Crippen molar-refractivity contribution in [2.45, 2.75) is 13.3 Å². The van der Waals surface area contributed by atoms with E-state index < -0.39 is 0 Å². The van der Waals surface area contributed by atoms with Crippen LogP contribution in [0.4, 0.5) is 0 Å². The Morgan fingerprint density at radius 2 is 1.79 bits per heavy atom. The Morgan fingerprint density at radius 3 is 2.58 bits per heavy atom. The van der Waals surface area contributed by atoms with Crippen LogP contribution in [0.25, 0.3) is 22.2 Å². The normalized spacial score (nSPS) is 10.4. The van der Waals surface area contributed by atoms with Gasteiger partial charge in [0.25, 0.3) is 0 Å². The molecule has 0 aliphatic carbocycles. The van der Waals surface area contributed by atoms with Crippen LogP contribution in [0.15, 0.2) is 42.5 Å². The average molecular weight is 346 g/mol. The van der Waals surface area contributed by atoms with E-state index in [4.69, 9.17) is 10.5 Å². The summed E-state index contributed by atoms with van der Waals surface area (Å²) in [4.78, 5) is 8.97. The third-order valence-electron chi connectivity index (χ3n) is 3.51. The zero-order valence-corrected chi connectivity index (χ0v) is 14.2. The van der Waals surface area contributed by atoms with Crippen LogP contribution in [0.5, 0.6) is 11.6 Å². The molecule has 0 spiro atoms. The monoisotopic (exact) mass is 345 g/mol. The van der Waals surface area contributed by atoms with Gasteiger partial charge in [0.1, 0.15) is 5.75 Å². The molecule has 0 radical (unpaired) electrons. The van der Waals surface area contributed by atoms with E-state index in [1.54, 1.807) is 12.1 Å². The highest BCUT2D eigenvalue weighted by molar-refractivity contribution is 5.87. The molecule has 6 heteroatoms. The fourth-order valence-corrected chi connectivity index (χ4v) is 2.37. The summed E-state index contributed by atoms with van der Waals surface area (Å²) >= 11 is 0. The second-order valence-electron chi connectivity index (χ2n) is 5.41. The quantitative estimate of drug-likeness (QED) is 0.692. The Balaban J connectivity index is 0.00000208. The molecule has 3 N–H and O–H groups in total. The number of phenols is 1. The molecule has 0 atom stereocenters. The summed E-state index contributed by atoms with van der Waals surface area (Å²) in [6, 6.07) is 13.0. The predicted molar refractivity (Wildman–Crippen MR) is 97.8 cm³/mol. The topological polar surface area (TPSA) is 81.3 Å². The maximum atomic E-state index is 9.54. The van der Waals surface area contributed by atoms with Gasteiger partial charge in [-0.1, -0.05) is 18.2 Å². The largest absolute Gasteiger partial charge is 0.508 e. The first kappa shape index (κ1) is 18.0. The Morgan fingerprint density at radius 1 is 1.04 bits per heavy atom. The number of aryl methyl sites for hydroxylation is 1. The molecule has 24 heavy (non-hydrogen) atoms. The highest BCUT2D eigenvalue weighted by Gasteiger charge is 2.07. The summed E-state index contributed by atoms with van der Waals surface area (Å²) < 4.78 is 5.63. The first-order valence-corrected chi connectivity index (χ1v) is 7.57. The van der Waals surface area contributed by atoms with Crippen LogP contribution in [-0.4, -0.2) is 28.2 Å². The van der Waals surface area contributed by atoms with Gasteiger partial charge in [-0.25, -0.2) is 4.98 Å². The van der Waals surface area contributed by atoms with Crippen LogP contribution in [0.3, 0.4) is 0 Å². The minimum absolute atomic E-state index is 0. The summed E-state index contributed by atoms with van der Waals surface area (Å²) in [5.74, 6) is 1.45. The number of nitrogens with zero attached hydrogens (tertiary/aromatic N) is 2. The lowest BCUT2D eigenvalue weighted by molar-refractivity contribution is 0.301. The number of ether oxygens (including phenoxy) is 1. The standard InChI is InChI=1S/C18H19N3O2.ClH/c1-12-9-17(23-8-2-7-19)21-18(20-12)15-4-3-14-11-16(22)6-5-13(14)10-15;/h3-6,9-11,22H,2,7-8,19H2,1H3;1H. The van der Waals surface area contributed by atoms with Crippen molar-refractivity contribution in [3.05, 3.63) is 48.2 Å². The third kappa shape index (κ3) is 4.13. The maximum Gasteiger partial charge on any atom is 0.217 e. The molecule has 0 saturated carbocycles. The van der Waals surface area contributed by atoms with Crippen molar-refractivity contribution in [2.75, 3.05) is 13.2 Å². The van der Waals surface area contributed by atoms with Crippen molar-refractivity contribution in [2.24, 2.45) is 5.73 Å². The molecular weight excluding hydrogens is 326 g/mol. The number of fused-ring (bicyclic) bond motifs is 1. The van der Waals surface area contributed by atoms with Gasteiger partial charge < -0.3 is 15.6 Å². The molecule has 0 unspecified atom stereocenters. The van der Waals surface area contributed by atoms with Gasteiger partial charge in [0.15, 0.2) is 5.82 Å². The van der Waals surface area contributed by atoms with E-state index in [-0.39, 0.29) is 18.2 Å². The summed E-state index contributed by atoms with van der Waals surface area (Å²) in [7, 11) is 0. The van der Waals surface area contributed by atoms with Gasteiger partial charge in [-0.2, -0.15) is 4.98 Å². The van der Waals surface area contributed by atoms with Crippen LogP contribution in [-0.2, 0) is 0 Å². The van der Waals surface area contributed by atoms with Crippen LogP contribution < -0.4 is 10.5 Å². The molecule has 0 aliphatic rings. The number of phenolic OH excluding ortho intramolecular Hbond substituents is 1. The number of rotatable bonds is 5. The second kappa shape index (κ2) is 7.95. The average Bonchev–Trinajstić information content (AvgIpc) is 2.54. The van der Waals surface area contributed by atoms with Gasteiger partial charge >= 0.3 is 0 Å². The van der Waals surface area contributed by atoms with E-state index in [1.165, 1.54) is 0 Å². The molecule has 1 aromatic heterocycles. The summed E-state index contributed by atoms with van der Waals surface area (Å²) in [5.41, 5.74) is 7.24. The molecule has 126 valence electrons. The molecule has 2 aromatic carbocycles. The molecular formula is C18H20ClN3O2. The van der Waals surface area contributed by atoms with Crippen LogP contribution >= 0.6 is 12.4 Å². The molecule has 0 saturated heterocycles. The van der Waals surface area contributed by atoms with Gasteiger partial charge in [0, 0.05) is 17.3 Å². The van der Waals surface area contributed by atoms with Gasteiger partial charge in [-0.05, 0) is 48.9 Å². The summed E-state index contributed by atoms with van der Waals surface area (Å²) in [6.45, 7) is 3.05. The third-order valence-corrected chi connectivity index (χ3v) is 3.51. The minimum Gasteiger partial charge on any atom is -0.508 e. The fourth-order valence-electron chi connectivity index (χ4n) is 2.37. The van der Waals surface area contributed by atoms with Crippen molar-refractivity contribution < 1.29 is 9.84 Å². The zero-order chi connectivity index (χ0) is 16.2. The number of hydrogen-bond acceptors (Lipinski definition) is 5. The smallest absolute Gasteiger partial charge is 0.217 e. The Bertz CT molecular complexity index is 840. The van der Waals surface area contributed by atoms with E-state index in [1.807, 2.05) is 37.3 Å². The Hall–Kier alpha value is -2.37. The number of halogens is 1. The van der Waals surface area contributed by atoms with Gasteiger partial charge in [0.2, 0.25) is 5.88 Å². The highest BCUT2D eigenvalue weighted by Crippen LogP contribution is 2.26. The molecule has 5 nitrogen and oxygen atoms in total. The number of aromatic hydroxyl groups is 1. The first-order chi connectivity index (χ1) is 11.2. The number of hydrogen-bond donors (Lipinski definition) is 2. The minimum atomic E-state index is 0.